The quantitative estimate of drug-likeness (QED) is 0.905. The van der Waals surface area contributed by atoms with Gasteiger partial charge in [0, 0.05) is 11.0 Å². The summed E-state index contributed by atoms with van der Waals surface area (Å²) in [4.78, 5) is 26.4. The van der Waals surface area contributed by atoms with Gasteiger partial charge in [-0.25, -0.2) is 0 Å². The van der Waals surface area contributed by atoms with Gasteiger partial charge in [-0.15, -0.1) is 0 Å². The second-order valence-corrected chi connectivity index (χ2v) is 6.79. The fourth-order valence-electron chi connectivity index (χ4n) is 2.59. The predicted molar refractivity (Wildman–Crippen MR) is 85.5 cm³/mol. The molecule has 1 N–H and O–H groups in total. The highest BCUT2D eigenvalue weighted by Gasteiger charge is 2.38. The van der Waals surface area contributed by atoms with E-state index in [1.165, 1.54) is 0 Å². The summed E-state index contributed by atoms with van der Waals surface area (Å²) in [5.41, 5.74) is 1.02. The Balaban J connectivity index is 2.27. The van der Waals surface area contributed by atoms with Gasteiger partial charge >= 0.3 is 0 Å². The molecule has 21 heavy (non-hydrogen) atoms. The van der Waals surface area contributed by atoms with Crippen LogP contribution in [0.4, 0.5) is 0 Å². The molecule has 0 aliphatic carbocycles. The van der Waals surface area contributed by atoms with Gasteiger partial charge in [0.15, 0.2) is 0 Å². The Morgan fingerprint density at radius 3 is 2.57 bits per heavy atom. The maximum Gasteiger partial charge on any atom is 0.245 e. The first-order valence-corrected chi connectivity index (χ1v) is 8.03. The summed E-state index contributed by atoms with van der Waals surface area (Å²) in [7, 11) is 0. The second-order valence-electron chi connectivity index (χ2n) is 5.93. The van der Waals surface area contributed by atoms with Crippen molar-refractivity contribution < 1.29 is 9.59 Å². The SMILES string of the molecule is CC(C)CC1C(=O)NC(C)C(=O)N1Cc1ccccc1Br. The summed E-state index contributed by atoms with van der Waals surface area (Å²) in [6.45, 7) is 6.31. The molecule has 1 heterocycles. The third-order valence-corrected chi connectivity index (χ3v) is 4.46. The van der Waals surface area contributed by atoms with E-state index in [4.69, 9.17) is 0 Å². The molecule has 0 radical (unpaired) electrons. The molecule has 1 aliphatic rings. The number of amides is 2. The van der Waals surface area contributed by atoms with E-state index in [-0.39, 0.29) is 17.9 Å². The smallest absolute Gasteiger partial charge is 0.245 e. The van der Waals surface area contributed by atoms with Crippen molar-refractivity contribution in [3.8, 4) is 0 Å². The molecule has 114 valence electrons. The zero-order valence-electron chi connectivity index (χ0n) is 12.6. The molecule has 0 bridgehead atoms. The van der Waals surface area contributed by atoms with Gasteiger partial charge in [0.2, 0.25) is 11.8 Å². The van der Waals surface area contributed by atoms with E-state index in [0.717, 1.165) is 10.0 Å². The number of nitrogens with zero attached hydrogens (tertiary/aromatic N) is 1. The van der Waals surface area contributed by atoms with Gasteiger partial charge in [-0.2, -0.15) is 0 Å². The number of piperazine rings is 1. The van der Waals surface area contributed by atoms with Crippen LogP contribution in [0.3, 0.4) is 0 Å². The molecule has 0 saturated carbocycles. The summed E-state index contributed by atoms with van der Waals surface area (Å²) >= 11 is 3.51. The molecule has 1 saturated heterocycles. The van der Waals surface area contributed by atoms with Crippen LogP contribution < -0.4 is 5.32 Å². The summed E-state index contributed by atoms with van der Waals surface area (Å²) in [5, 5.41) is 2.77. The highest BCUT2D eigenvalue weighted by molar-refractivity contribution is 9.10. The van der Waals surface area contributed by atoms with Gasteiger partial charge in [0.25, 0.3) is 0 Å². The van der Waals surface area contributed by atoms with Gasteiger partial charge < -0.3 is 10.2 Å². The summed E-state index contributed by atoms with van der Waals surface area (Å²) in [6, 6.07) is 6.96. The average molecular weight is 353 g/mol. The maximum absolute atomic E-state index is 12.5. The van der Waals surface area contributed by atoms with Crippen molar-refractivity contribution in [1.29, 1.82) is 0 Å². The van der Waals surface area contributed by atoms with Crippen LogP contribution in [0.1, 0.15) is 32.8 Å². The van der Waals surface area contributed by atoms with Crippen molar-refractivity contribution in [3.05, 3.63) is 34.3 Å². The Morgan fingerprint density at radius 1 is 1.29 bits per heavy atom. The Bertz CT molecular complexity index is 545. The van der Waals surface area contributed by atoms with Crippen LogP contribution in [-0.4, -0.2) is 28.8 Å². The third kappa shape index (κ3) is 3.64. The van der Waals surface area contributed by atoms with E-state index in [9.17, 15) is 9.59 Å². The molecular weight excluding hydrogens is 332 g/mol. The minimum absolute atomic E-state index is 0.0176. The zero-order chi connectivity index (χ0) is 15.6. The number of benzene rings is 1. The first-order chi connectivity index (χ1) is 9.90. The Labute approximate surface area is 134 Å². The van der Waals surface area contributed by atoms with Crippen LogP contribution in [0.5, 0.6) is 0 Å². The van der Waals surface area contributed by atoms with Crippen LogP contribution in [-0.2, 0) is 16.1 Å². The number of rotatable bonds is 4. The van der Waals surface area contributed by atoms with Gasteiger partial charge in [-0.1, -0.05) is 48.0 Å². The molecule has 1 aliphatic heterocycles. The minimum atomic E-state index is -0.455. The van der Waals surface area contributed by atoms with Crippen LogP contribution in [0.15, 0.2) is 28.7 Å². The summed E-state index contributed by atoms with van der Waals surface area (Å²) in [5.74, 6) is 0.280. The lowest BCUT2D eigenvalue weighted by Crippen LogP contribution is -2.62. The van der Waals surface area contributed by atoms with Gasteiger partial charge in [0.05, 0.1) is 0 Å². The van der Waals surface area contributed by atoms with Crippen LogP contribution in [0.2, 0.25) is 0 Å². The molecule has 2 amide bonds. The van der Waals surface area contributed by atoms with E-state index >= 15 is 0 Å². The Kier molecular flexibility index (Phi) is 5.04. The Hall–Kier alpha value is -1.36. The molecular formula is C16H21BrN2O2. The van der Waals surface area contributed by atoms with Crippen molar-refractivity contribution >= 4 is 27.7 Å². The molecule has 0 spiro atoms. The van der Waals surface area contributed by atoms with E-state index in [2.05, 4.69) is 35.1 Å². The Morgan fingerprint density at radius 2 is 1.95 bits per heavy atom. The fourth-order valence-corrected chi connectivity index (χ4v) is 3.00. The average Bonchev–Trinajstić information content (AvgIpc) is 2.42. The van der Waals surface area contributed by atoms with Crippen molar-refractivity contribution in [2.24, 2.45) is 5.92 Å². The molecule has 2 rings (SSSR count). The van der Waals surface area contributed by atoms with Crippen molar-refractivity contribution in [2.45, 2.75) is 45.8 Å². The third-order valence-electron chi connectivity index (χ3n) is 3.68. The first kappa shape index (κ1) is 16.0. The zero-order valence-corrected chi connectivity index (χ0v) is 14.2. The van der Waals surface area contributed by atoms with E-state index in [0.29, 0.717) is 18.9 Å². The number of hydrogen-bond acceptors (Lipinski definition) is 2. The first-order valence-electron chi connectivity index (χ1n) is 7.24. The number of carbonyl (C=O) groups excluding carboxylic acids is 2. The van der Waals surface area contributed by atoms with Crippen molar-refractivity contribution in [2.75, 3.05) is 0 Å². The van der Waals surface area contributed by atoms with Crippen molar-refractivity contribution in [3.63, 3.8) is 0 Å². The molecule has 2 atom stereocenters. The molecule has 1 fully saturated rings. The topological polar surface area (TPSA) is 49.4 Å². The lowest BCUT2D eigenvalue weighted by molar-refractivity contribution is -0.150. The second kappa shape index (κ2) is 6.60. The van der Waals surface area contributed by atoms with E-state index < -0.39 is 6.04 Å². The summed E-state index contributed by atoms with van der Waals surface area (Å²) < 4.78 is 0.958. The lowest BCUT2D eigenvalue weighted by Gasteiger charge is -2.39. The van der Waals surface area contributed by atoms with Gasteiger partial charge in [0.1, 0.15) is 12.1 Å². The van der Waals surface area contributed by atoms with Crippen LogP contribution in [0, 0.1) is 5.92 Å². The minimum Gasteiger partial charge on any atom is -0.343 e. The molecule has 1 aromatic carbocycles. The van der Waals surface area contributed by atoms with Crippen LogP contribution in [0.25, 0.3) is 0 Å². The normalized spacial score (nSPS) is 22.6. The highest BCUT2D eigenvalue weighted by atomic mass is 79.9. The summed E-state index contributed by atoms with van der Waals surface area (Å²) in [6.07, 6.45) is 0.675. The van der Waals surface area contributed by atoms with E-state index in [1.54, 1.807) is 11.8 Å². The highest BCUT2D eigenvalue weighted by Crippen LogP contribution is 2.23. The largest absolute Gasteiger partial charge is 0.343 e. The van der Waals surface area contributed by atoms with Gasteiger partial charge in [-0.3, -0.25) is 9.59 Å². The number of halogens is 1. The predicted octanol–water partition coefficient (Wildman–Crippen LogP) is 2.71. The fraction of sp³-hybridized carbons (Fsp3) is 0.500. The maximum atomic E-state index is 12.5. The van der Waals surface area contributed by atoms with E-state index in [1.807, 2.05) is 24.3 Å². The number of hydrogen-bond donors (Lipinski definition) is 1. The standard InChI is InChI=1S/C16H21BrN2O2/c1-10(2)8-14-15(20)18-11(3)16(21)19(14)9-12-6-4-5-7-13(12)17/h4-7,10-11,14H,8-9H2,1-3H3,(H,18,20). The lowest BCUT2D eigenvalue weighted by atomic mass is 9.97. The molecule has 5 heteroatoms. The van der Waals surface area contributed by atoms with Gasteiger partial charge in [-0.05, 0) is 30.9 Å². The number of carbonyl (C=O) groups is 2. The van der Waals surface area contributed by atoms with Crippen molar-refractivity contribution in [1.82, 2.24) is 10.2 Å². The monoisotopic (exact) mass is 352 g/mol. The number of nitrogens with one attached hydrogen (secondary N) is 1. The van der Waals surface area contributed by atoms with Crippen LogP contribution >= 0.6 is 15.9 Å². The molecule has 2 unspecified atom stereocenters. The molecule has 1 aromatic rings. The molecule has 4 nitrogen and oxygen atoms in total. The molecule has 0 aromatic heterocycles.